The Morgan fingerprint density at radius 2 is 1.79 bits per heavy atom. The molecule has 0 saturated heterocycles. The fourth-order valence-electron chi connectivity index (χ4n) is 2.67. The van der Waals surface area contributed by atoms with E-state index in [0.29, 0.717) is 0 Å². The molecule has 2 atom stereocenters. The van der Waals surface area contributed by atoms with Crippen LogP contribution in [0.15, 0.2) is 48.5 Å². The van der Waals surface area contributed by atoms with Gasteiger partial charge >= 0.3 is 0 Å². The maximum absolute atomic E-state index is 13.2. The topological polar surface area (TPSA) is 26.0 Å². The molecule has 1 saturated carbocycles. The molecule has 2 aromatic rings. The maximum atomic E-state index is 13.2. The lowest BCUT2D eigenvalue weighted by Gasteiger charge is -2.12. The monoisotopic (exact) mass is 259 g/mol. The van der Waals surface area contributed by atoms with E-state index in [4.69, 9.17) is 5.73 Å². The van der Waals surface area contributed by atoms with Gasteiger partial charge in [0.1, 0.15) is 0 Å². The molecule has 19 heavy (non-hydrogen) atoms. The summed E-state index contributed by atoms with van der Waals surface area (Å²) in [6.45, 7) is 0. The van der Waals surface area contributed by atoms with Crippen LogP contribution in [0.4, 0.5) is 8.78 Å². The van der Waals surface area contributed by atoms with Gasteiger partial charge in [-0.05, 0) is 36.1 Å². The van der Waals surface area contributed by atoms with Crippen molar-refractivity contribution in [3.8, 4) is 0 Å². The minimum atomic E-state index is -0.810. The molecule has 2 unspecified atom stereocenters. The summed E-state index contributed by atoms with van der Waals surface area (Å²) in [6.07, 6.45) is 1.57. The first-order valence-electron chi connectivity index (χ1n) is 6.36. The smallest absolute Gasteiger partial charge is 0.159 e. The molecule has 0 spiro atoms. The predicted molar refractivity (Wildman–Crippen MR) is 70.8 cm³/mol. The van der Waals surface area contributed by atoms with Crippen molar-refractivity contribution in [2.75, 3.05) is 0 Å². The van der Waals surface area contributed by atoms with Crippen molar-refractivity contribution in [3.63, 3.8) is 0 Å². The van der Waals surface area contributed by atoms with E-state index in [9.17, 15) is 8.78 Å². The molecule has 1 aliphatic carbocycles. The summed E-state index contributed by atoms with van der Waals surface area (Å²) in [4.78, 5) is 0. The second-order valence-electron chi connectivity index (χ2n) is 5.33. The SMILES string of the molecule is NC1(Cc2ccccc2)CC1c1ccc(F)c(F)c1. The van der Waals surface area contributed by atoms with Gasteiger partial charge in [-0.15, -0.1) is 0 Å². The van der Waals surface area contributed by atoms with Crippen LogP contribution >= 0.6 is 0 Å². The highest BCUT2D eigenvalue weighted by atomic mass is 19.2. The zero-order valence-electron chi connectivity index (χ0n) is 10.4. The third-order valence-electron chi connectivity index (χ3n) is 3.84. The number of hydrogen-bond acceptors (Lipinski definition) is 1. The molecule has 3 heteroatoms. The molecule has 98 valence electrons. The summed E-state index contributed by atoms with van der Waals surface area (Å²) < 4.78 is 26.1. The largest absolute Gasteiger partial charge is 0.324 e. The summed E-state index contributed by atoms with van der Waals surface area (Å²) in [5, 5.41) is 0. The zero-order valence-corrected chi connectivity index (χ0v) is 10.4. The number of rotatable bonds is 3. The fourth-order valence-corrected chi connectivity index (χ4v) is 2.67. The van der Waals surface area contributed by atoms with E-state index in [1.165, 1.54) is 17.7 Å². The molecule has 2 N–H and O–H groups in total. The number of nitrogens with two attached hydrogens (primary N) is 1. The highest BCUT2D eigenvalue weighted by molar-refractivity contribution is 5.36. The van der Waals surface area contributed by atoms with Crippen LogP contribution in [0, 0.1) is 11.6 Å². The van der Waals surface area contributed by atoms with Gasteiger partial charge in [-0.3, -0.25) is 0 Å². The van der Waals surface area contributed by atoms with Gasteiger partial charge in [0.05, 0.1) is 0 Å². The minimum absolute atomic E-state index is 0.114. The minimum Gasteiger partial charge on any atom is -0.324 e. The van der Waals surface area contributed by atoms with E-state index in [2.05, 4.69) is 0 Å². The lowest BCUT2D eigenvalue weighted by Crippen LogP contribution is -2.27. The van der Waals surface area contributed by atoms with Crippen LogP contribution in [0.25, 0.3) is 0 Å². The second-order valence-corrected chi connectivity index (χ2v) is 5.33. The average molecular weight is 259 g/mol. The number of benzene rings is 2. The molecule has 1 nitrogen and oxygen atoms in total. The van der Waals surface area contributed by atoms with Crippen molar-refractivity contribution in [2.24, 2.45) is 5.73 Å². The van der Waals surface area contributed by atoms with Crippen LogP contribution in [-0.4, -0.2) is 5.54 Å². The van der Waals surface area contributed by atoms with Crippen molar-refractivity contribution < 1.29 is 8.78 Å². The van der Waals surface area contributed by atoms with Crippen molar-refractivity contribution in [3.05, 3.63) is 71.3 Å². The summed E-state index contributed by atoms with van der Waals surface area (Å²) in [7, 11) is 0. The molecule has 0 amide bonds. The summed E-state index contributed by atoms with van der Waals surface area (Å²) >= 11 is 0. The summed E-state index contributed by atoms with van der Waals surface area (Å²) in [6, 6.07) is 14.1. The van der Waals surface area contributed by atoms with Gasteiger partial charge < -0.3 is 5.73 Å². The zero-order chi connectivity index (χ0) is 13.5. The molecule has 0 radical (unpaired) electrons. The van der Waals surface area contributed by atoms with Gasteiger partial charge in [-0.1, -0.05) is 36.4 Å². The van der Waals surface area contributed by atoms with Crippen molar-refractivity contribution >= 4 is 0 Å². The van der Waals surface area contributed by atoms with Gasteiger partial charge in [0.2, 0.25) is 0 Å². The third kappa shape index (κ3) is 2.38. The van der Waals surface area contributed by atoms with E-state index in [0.717, 1.165) is 18.4 Å². The maximum Gasteiger partial charge on any atom is 0.159 e. The van der Waals surface area contributed by atoms with Crippen LogP contribution in [0.5, 0.6) is 0 Å². The molecule has 0 aromatic heterocycles. The Kier molecular flexibility index (Phi) is 2.86. The molecule has 0 aliphatic heterocycles. The Morgan fingerprint density at radius 3 is 2.47 bits per heavy atom. The summed E-state index contributed by atoms with van der Waals surface area (Å²) in [5.74, 6) is -1.50. The standard InChI is InChI=1S/C16H15F2N/c17-14-7-6-12(8-15(14)18)13-10-16(13,19)9-11-4-2-1-3-5-11/h1-8,13H,9-10,19H2. The van der Waals surface area contributed by atoms with Crippen LogP contribution in [0.2, 0.25) is 0 Å². The van der Waals surface area contributed by atoms with Gasteiger partial charge in [-0.25, -0.2) is 8.78 Å². The van der Waals surface area contributed by atoms with Crippen LogP contribution < -0.4 is 5.73 Å². The van der Waals surface area contributed by atoms with Crippen LogP contribution in [0.3, 0.4) is 0 Å². The lowest BCUT2D eigenvalue weighted by atomic mass is 9.99. The molecule has 1 fully saturated rings. The Morgan fingerprint density at radius 1 is 1.05 bits per heavy atom. The van der Waals surface area contributed by atoms with Crippen molar-refractivity contribution in [1.29, 1.82) is 0 Å². The average Bonchev–Trinajstić information content (AvgIpc) is 3.05. The van der Waals surface area contributed by atoms with E-state index >= 15 is 0 Å². The highest BCUT2D eigenvalue weighted by Gasteiger charge is 2.51. The Balaban J connectivity index is 1.77. The Hall–Kier alpha value is -1.74. The first-order chi connectivity index (χ1) is 9.08. The quantitative estimate of drug-likeness (QED) is 0.898. The summed E-state index contributed by atoms with van der Waals surface area (Å²) in [5.41, 5.74) is 7.96. The Labute approximate surface area is 111 Å². The molecular weight excluding hydrogens is 244 g/mol. The van der Waals surface area contributed by atoms with E-state index in [1.54, 1.807) is 6.07 Å². The highest BCUT2D eigenvalue weighted by Crippen LogP contribution is 2.51. The number of hydrogen-bond donors (Lipinski definition) is 1. The normalized spacial score (nSPS) is 25.3. The first-order valence-corrected chi connectivity index (χ1v) is 6.36. The van der Waals surface area contributed by atoms with Crippen molar-refractivity contribution in [2.45, 2.75) is 24.3 Å². The molecule has 1 aliphatic rings. The van der Waals surface area contributed by atoms with E-state index in [1.807, 2.05) is 30.3 Å². The fraction of sp³-hybridized carbons (Fsp3) is 0.250. The molecule has 0 bridgehead atoms. The van der Waals surface area contributed by atoms with Gasteiger partial charge in [0.25, 0.3) is 0 Å². The number of halogens is 2. The third-order valence-corrected chi connectivity index (χ3v) is 3.84. The molecule has 3 rings (SSSR count). The van der Waals surface area contributed by atoms with Crippen LogP contribution in [-0.2, 0) is 6.42 Å². The van der Waals surface area contributed by atoms with Crippen LogP contribution in [0.1, 0.15) is 23.5 Å². The van der Waals surface area contributed by atoms with Crippen molar-refractivity contribution in [1.82, 2.24) is 0 Å². The second kappa shape index (κ2) is 4.42. The predicted octanol–water partition coefficient (Wildman–Crippen LogP) is 3.39. The van der Waals surface area contributed by atoms with Gasteiger partial charge in [-0.2, -0.15) is 0 Å². The lowest BCUT2D eigenvalue weighted by molar-refractivity contribution is 0.506. The van der Waals surface area contributed by atoms with Gasteiger partial charge in [0.15, 0.2) is 11.6 Å². The first kappa shape index (κ1) is 12.3. The molecule has 2 aromatic carbocycles. The van der Waals surface area contributed by atoms with Gasteiger partial charge in [0, 0.05) is 11.5 Å². The van der Waals surface area contributed by atoms with E-state index in [-0.39, 0.29) is 11.5 Å². The molecule has 0 heterocycles. The molecular formula is C16H15F2N. The van der Waals surface area contributed by atoms with E-state index < -0.39 is 11.6 Å². The Bertz CT molecular complexity index is 597.